The van der Waals surface area contributed by atoms with Crippen molar-refractivity contribution in [2.75, 3.05) is 12.8 Å². The number of carbonyl (C=O) groups is 1. The molecule has 3 N–H and O–H groups in total. The summed E-state index contributed by atoms with van der Waals surface area (Å²) in [6.45, 7) is 2.06. The maximum atomic E-state index is 12.2. The number of anilines is 1. The van der Waals surface area contributed by atoms with Crippen LogP contribution in [0.15, 0.2) is 48.5 Å². The van der Waals surface area contributed by atoms with Gasteiger partial charge in [-0.2, -0.15) is 0 Å². The number of nitrogen functional groups attached to an aromatic ring is 1. The van der Waals surface area contributed by atoms with Gasteiger partial charge in [-0.3, -0.25) is 4.79 Å². The van der Waals surface area contributed by atoms with Gasteiger partial charge in [-0.05, 0) is 42.2 Å². The number of hydrogen-bond acceptors (Lipinski definition) is 3. The summed E-state index contributed by atoms with van der Waals surface area (Å²) in [5, 5.41) is 3.09. The third kappa shape index (κ3) is 5.46. The monoisotopic (exact) mass is 348 g/mol. The lowest BCUT2D eigenvalue weighted by Gasteiger charge is -2.18. The van der Waals surface area contributed by atoms with E-state index in [0.717, 1.165) is 29.0 Å². The van der Waals surface area contributed by atoms with Crippen LogP contribution in [0.2, 0.25) is 0 Å². The summed E-state index contributed by atoms with van der Waals surface area (Å²) in [7, 11) is 1.64. The standard InChI is InChI=1S/C19H24N2O2.ClH/c1-3-18(15-8-11-16(23-2)12-9-15)21-19(22)13-10-14-6-4-5-7-17(14)20;/h4-9,11-12,18H,3,10,13,20H2,1-2H3,(H,21,22);1H. The third-order valence-corrected chi connectivity index (χ3v) is 3.94. The second kappa shape index (κ2) is 9.83. The molecule has 0 fully saturated rings. The van der Waals surface area contributed by atoms with Crippen LogP contribution < -0.4 is 15.8 Å². The van der Waals surface area contributed by atoms with E-state index < -0.39 is 0 Å². The molecule has 2 aromatic carbocycles. The topological polar surface area (TPSA) is 64.4 Å². The summed E-state index contributed by atoms with van der Waals surface area (Å²) in [6, 6.07) is 15.5. The van der Waals surface area contributed by atoms with Gasteiger partial charge in [0, 0.05) is 12.1 Å². The molecule has 2 rings (SSSR count). The van der Waals surface area contributed by atoms with E-state index in [-0.39, 0.29) is 24.4 Å². The van der Waals surface area contributed by atoms with Crippen LogP contribution in [0.3, 0.4) is 0 Å². The van der Waals surface area contributed by atoms with Gasteiger partial charge in [0.2, 0.25) is 5.91 Å². The van der Waals surface area contributed by atoms with Crippen molar-refractivity contribution in [2.45, 2.75) is 32.2 Å². The molecule has 0 saturated carbocycles. The Balaban J connectivity index is 0.00000288. The number of benzene rings is 2. The molecule has 5 heteroatoms. The van der Waals surface area contributed by atoms with E-state index in [0.29, 0.717) is 12.8 Å². The molecule has 0 aromatic heterocycles. The van der Waals surface area contributed by atoms with E-state index in [1.54, 1.807) is 7.11 Å². The summed E-state index contributed by atoms with van der Waals surface area (Å²) in [5.41, 5.74) is 8.75. The molecule has 0 bridgehead atoms. The van der Waals surface area contributed by atoms with Gasteiger partial charge >= 0.3 is 0 Å². The third-order valence-electron chi connectivity index (χ3n) is 3.94. The predicted octanol–water partition coefficient (Wildman–Crippen LogP) is 3.90. The Morgan fingerprint density at radius 3 is 2.42 bits per heavy atom. The first-order valence-corrected chi connectivity index (χ1v) is 7.90. The summed E-state index contributed by atoms with van der Waals surface area (Å²) in [6.07, 6.45) is 1.92. The van der Waals surface area contributed by atoms with E-state index in [9.17, 15) is 4.79 Å². The average Bonchev–Trinajstić information content (AvgIpc) is 2.59. The smallest absolute Gasteiger partial charge is 0.220 e. The molecule has 0 heterocycles. The highest BCUT2D eigenvalue weighted by molar-refractivity contribution is 5.85. The van der Waals surface area contributed by atoms with Gasteiger partial charge in [0.05, 0.1) is 13.2 Å². The number of hydrogen-bond donors (Lipinski definition) is 2. The van der Waals surface area contributed by atoms with Crippen LogP contribution in [0.1, 0.15) is 36.9 Å². The Bertz CT molecular complexity index is 644. The number of para-hydroxylation sites is 1. The number of carbonyl (C=O) groups excluding carboxylic acids is 1. The van der Waals surface area contributed by atoms with Crippen LogP contribution in [0.5, 0.6) is 5.75 Å². The summed E-state index contributed by atoms with van der Waals surface area (Å²) in [4.78, 5) is 12.2. The highest BCUT2D eigenvalue weighted by Crippen LogP contribution is 2.20. The van der Waals surface area contributed by atoms with Crippen LogP contribution in [0.4, 0.5) is 5.69 Å². The first kappa shape index (κ1) is 19.8. The van der Waals surface area contributed by atoms with Crippen LogP contribution in [-0.4, -0.2) is 13.0 Å². The normalized spacial score (nSPS) is 11.2. The van der Waals surface area contributed by atoms with Gasteiger partial charge in [-0.15, -0.1) is 12.4 Å². The summed E-state index contributed by atoms with van der Waals surface area (Å²) in [5.74, 6) is 0.852. The largest absolute Gasteiger partial charge is 0.497 e. The number of rotatable bonds is 7. The minimum absolute atomic E-state index is 0. The van der Waals surface area contributed by atoms with E-state index in [1.165, 1.54) is 0 Å². The molecule has 0 aliphatic rings. The van der Waals surface area contributed by atoms with Crippen molar-refractivity contribution in [2.24, 2.45) is 0 Å². The van der Waals surface area contributed by atoms with Crippen molar-refractivity contribution in [3.63, 3.8) is 0 Å². The molecule has 1 amide bonds. The number of ether oxygens (including phenoxy) is 1. The Hall–Kier alpha value is -2.20. The molecule has 24 heavy (non-hydrogen) atoms. The minimum atomic E-state index is 0. The summed E-state index contributed by atoms with van der Waals surface area (Å²) < 4.78 is 5.16. The average molecular weight is 349 g/mol. The molecule has 4 nitrogen and oxygen atoms in total. The molecule has 1 unspecified atom stereocenters. The molecule has 1 atom stereocenters. The van der Waals surface area contributed by atoms with Crippen LogP contribution in [-0.2, 0) is 11.2 Å². The first-order chi connectivity index (χ1) is 11.1. The van der Waals surface area contributed by atoms with E-state index in [4.69, 9.17) is 10.5 Å². The van der Waals surface area contributed by atoms with E-state index in [2.05, 4.69) is 12.2 Å². The van der Waals surface area contributed by atoms with Crippen LogP contribution in [0.25, 0.3) is 0 Å². The number of amides is 1. The second-order valence-electron chi connectivity index (χ2n) is 5.50. The van der Waals surface area contributed by atoms with Crippen molar-refractivity contribution in [3.8, 4) is 5.75 Å². The maximum Gasteiger partial charge on any atom is 0.220 e. The number of nitrogens with two attached hydrogens (primary N) is 1. The maximum absolute atomic E-state index is 12.2. The van der Waals surface area contributed by atoms with Gasteiger partial charge in [0.15, 0.2) is 0 Å². The van der Waals surface area contributed by atoms with Gasteiger partial charge in [0.25, 0.3) is 0 Å². The Morgan fingerprint density at radius 2 is 1.83 bits per heavy atom. The Morgan fingerprint density at radius 1 is 1.17 bits per heavy atom. The van der Waals surface area contributed by atoms with Crippen LogP contribution in [0, 0.1) is 0 Å². The van der Waals surface area contributed by atoms with E-state index >= 15 is 0 Å². The molecule has 0 saturated heterocycles. The number of nitrogens with one attached hydrogen (secondary N) is 1. The number of halogens is 1. The SMILES string of the molecule is CCC(NC(=O)CCc1ccccc1N)c1ccc(OC)cc1.Cl. The van der Waals surface area contributed by atoms with Gasteiger partial charge < -0.3 is 15.8 Å². The lowest BCUT2D eigenvalue weighted by atomic mass is 10.0. The van der Waals surface area contributed by atoms with E-state index in [1.807, 2.05) is 48.5 Å². The Kier molecular flexibility index (Phi) is 8.13. The lowest BCUT2D eigenvalue weighted by molar-refractivity contribution is -0.121. The molecule has 0 radical (unpaired) electrons. The molecular weight excluding hydrogens is 324 g/mol. The predicted molar refractivity (Wildman–Crippen MR) is 101 cm³/mol. The van der Waals surface area contributed by atoms with Gasteiger partial charge in [-0.25, -0.2) is 0 Å². The van der Waals surface area contributed by atoms with Crippen LogP contribution >= 0.6 is 12.4 Å². The lowest BCUT2D eigenvalue weighted by Crippen LogP contribution is -2.28. The van der Waals surface area contributed by atoms with Crippen molar-refractivity contribution in [3.05, 3.63) is 59.7 Å². The minimum Gasteiger partial charge on any atom is -0.497 e. The number of aryl methyl sites for hydroxylation is 1. The van der Waals surface area contributed by atoms with Gasteiger partial charge in [-0.1, -0.05) is 37.3 Å². The fourth-order valence-corrected chi connectivity index (χ4v) is 2.53. The fraction of sp³-hybridized carbons (Fsp3) is 0.316. The van der Waals surface area contributed by atoms with Crippen molar-refractivity contribution >= 4 is 24.0 Å². The quantitative estimate of drug-likeness (QED) is 0.746. The van der Waals surface area contributed by atoms with Crippen molar-refractivity contribution in [1.29, 1.82) is 0 Å². The fourth-order valence-electron chi connectivity index (χ4n) is 2.53. The van der Waals surface area contributed by atoms with Crippen molar-refractivity contribution in [1.82, 2.24) is 5.32 Å². The molecule has 0 spiro atoms. The zero-order valence-corrected chi connectivity index (χ0v) is 14.9. The molecular formula is C19H25ClN2O2. The second-order valence-corrected chi connectivity index (χ2v) is 5.50. The molecule has 0 aliphatic heterocycles. The number of methoxy groups -OCH3 is 1. The molecule has 2 aromatic rings. The molecule has 0 aliphatic carbocycles. The highest BCUT2D eigenvalue weighted by Gasteiger charge is 2.13. The molecule has 130 valence electrons. The first-order valence-electron chi connectivity index (χ1n) is 7.90. The zero-order chi connectivity index (χ0) is 16.7. The highest BCUT2D eigenvalue weighted by atomic mass is 35.5. The Labute approximate surface area is 149 Å². The van der Waals surface area contributed by atoms with Crippen molar-refractivity contribution < 1.29 is 9.53 Å². The zero-order valence-electron chi connectivity index (χ0n) is 14.1. The summed E-state index contributed by atoms with van der Waals surface area (Å²) >= 11 is 0. The van der Waals surface area contributed by atoms with Gasteiger partial charge in [0.1, 0.15) is 5.75 Å².